The molecule has 0 unspecified atom stereocenters. The van der Waals surface area contributed by atoms with E-state index in [2.05, 4.69) is 20.0 Å². The van der Waals surface area contributed by atoms with Crippen molar-refractivity contribution in [2.45, 2.75) is 20.4 Å². The first-order valence-electron chi connectivity index (χ1n) is 9.27. The molecule has 1 aliphatic heterocycles. The lowest BCUT2D eigenvalue weighted by Crippen LogP contribution is -2.47. The third-order valence-corrected chi connectivity index (χ3v) is 5.13. The van der Waals surface area contributed by atoms with Gasteiger partial charge >= 0.3 is 0 Å². The van der Waals surface area contributed by atoms with Gasteiger partial charge in [-0.05, 0) is 13.8 Å². The van der Waals surface area contributed by atoms with E-state index in [1.165, 1.54) is 0 Å². The minimum atomic E-state index is -0.855. The number of benzene rings is 1. The molecule has 0 amide bonds. The number of nitrogens with zero attached hydrogens (tertiary/aromatic N) is 4. The van der Waals surface area contributed by atoms with E-state index in [9.17, 15) is 9.18 Å². The lowest BCUT2D eigenvalue weighted by Gasteiger charge is -2.35. The molecule has 3 aromatic rings. The molecule has 146 valence electrons. The lowest BCUT2D eigenvalue weighted by molar-refractivity contribution is 0.246. The Hall–Kier alpha value is -3.00. The average Bonchev–Trinajstić information content (AvgIpc) is 3.03. The molecule has 0 saturated carbocycles. The molecular weight excluding hydrogens is 361 g/mol. The van der Waals surface area contributed by atoms with Gasteiger partial charge in [-0.15, -0.1) is 0 Å². The van der Waals surface area contributed by atoms with Gasteiger partial charge in [0.25, 0.3) is 5.56 Å². The van der Waals surface area contributed by atoms with Crippen molar-refractivity contribution >= 4 is 5.95 Å². The number of piperazine rings is 1. The first-order chi connectivity index (χ1) is 13.5. The van der Waals surface area contributed by atoms with Gasteiger partial charge in [0.2, 0.25) is 11.8 Å². The highest BCUT2D eigenvalue weighted by Gasteiger charge is 2.23. The summed E-state index contributed by atoms with van der Waals surface area (Å²) in [6.45, 7) is 7.61. The number of H-pyrrole nitrogens is 1. The molecule has 28 heavy (non-hydrogen) atoms. The zero-order chi connectivity index (χ0) is 19.7. The summed E-state index contributed by atoms with van der Waals surface area (Å²) in [5.74, 6) is 0.395. The van der Waals surface area contributed by atoms with Gasteiger partial charge in [-0.2, -0.15) is 4.39 Å². The monoisotopic (exact) mass is 383 g/mol. The van der Waals surface area contributed by atoms with E-state index in [0.717, 1.165) is 36.7 Å². The van der Waals surface area contributed by atoms with Gasteiger partial charge in [0, 0.05) is 43.9 Å². The van der Waals surface area contributed by atoms with Crippen LogP contribution >= 0.6 is 0 Å². The van der Waals surface area contributed by atoms with Crippen LogP contribution in [0.2, 0.25) is 0 Å². The van der Waals surface area contributed by atoms with E-state index in [4.69, 9.17) is 4.52 Å². The molecule has 4 rings (SSSR count). The molecule has 7 nitrogen and oxygen atoms in total. The third kappa shape index (κ3) is 3.55. The molecule has 0 spiro atoms. The van der Waals surface area contributed by atoms with E-state index < -0.39 is 11.4 Å². The van der Waals surface area contributed by atoms with E-state index in [-0.39, 0.29) is 5.69 Å². The van der Waals surface area contributed by atoms with E-state index >= 15 is 0 Å². The maximum Gasteiger partial charge on any atom is 0.289 e. The molecule has 0 aliphatic carbocycles. The van der Waals surface area contributed by atoms with Gasteiger partial charge in [0.05, 0.1) is 5.69 Å². The van der Waals surface area contributed by atoms with Crippen molar-refractivity contribution in [1.82, 2.24) is 20.0 Å². The number of hydrogen-bond acceptors (Lipinski definition) is 6. The summed E-state index contributed by atoms with van der Waals surface area (Å²) in [5, 5.41) is 4.00. The third-order valence-electron chi connectivity index (χ3n) is 5.13. The fraction of sp³-hybridized carbons (Fsp3) is 0.350. The summed E-state index contributed by atoms with van der Waals surface area (Å²) < 4.78 is 19.6. The fourth-order valence-electron chi connectivity index (χ4n) is 3.45. The highest BCUT2D eigenvalue weighted by atomic mass is 19.1. The number of halogens is 1. The molecule has 2 aromatic heterocycles. The maximum atomic E-state index is 14.3. The first kappa shape index (κ1) is 18.4. The zero-order valence-electron chi connectivity index (χ0n) is 15.9. The molecule has 0 bridgehead atoms. The number of anilines is 1. The second kappa shape index (κ2) is 7.55. The van der Waals surface area contributed by atoms with Crippen LogP contribution in [0.15, 0.2) is 39.6 Å². The highest BCUT2D eigenvalue weighted by molar-refractivity contribution is 5.60. The lowest BCUT2D eigenvalue weighted by atomic mass is 10.1. The Labute approximate surface area is 161 Å². The molecular formula is C20H22FN5O2. The summed E-state index contributed by atoms with van der Waals surface area (Å²) in [5.41, 5.74) is 1.95. The summed E-state index contributed by atoms with van der Waals surface area (Å²) in [4.78, 5) is 23.4. The summed E-state index contributed by atoms with van der Waals surface area (Å²) in [6.07, 6.45) is 0. The van der Waals surface area contributed by atoms with Crippen LogP contribution in [0.1, 0.15) is 17.0 Å². The molecule has 1 N–H and O–H groups in total. The Balaban J connectivity index is 1.51. The first-order valence-corrected chi connectivity index (χ1v) is 9.27. The van der Waals surface area contributed by atoms with Crippen LogP contribution in [0.5, 0.6) is 0 Å². The van der Waals surface area contributed by atoms with Gasteiger partial charge in [0.15, 0.2) is 0 Å². The van der Waals surface area contributed by atoms with Gasteiger partial charge in [-0.1, -0.05) is 35.5 Å². The molecule has 0 radical (unpaired) electrons. The Kier molecular flexibility index (Phi) is 4.95. The smallest absolute Gasteiger partial charge is 0.289 e. The maximum absolute atomic E-state index is 14.3. The number of aromatic nitrogens is 3. The standard InChI is InChI=1S/C20H22FN5O2/c1-13-16(14(2)28-24-13)12-25-8-10-26(11-9-25)20-22-18(17(21)19(27)23-20)15-6-4-3-5-7-15/h3-7H,8-12H2,1-2H3,(H,22,23,27). The van der Waals surface area contributed by atoms with Crippen molar-refractivity contribution in [2.75, 3.05) is 31.1 Å². The van der Waals surface area contributed by atoms with Gasteiger partial charge in [-0.3, -0.25) is 14.7 Å². The second-order valence-electron chi connectivity index (χ2n) is 6.98. The molecule has 8 heteroatoms. The van der Waals surface area contributed by atoms with Crippen LogP contribution in [-0.2, 0) is 6.54 Å². The minimum absolute atomic E-state index is 0.0810. The molecule has 3 heterocycles. The molecule has 1 aromatic carbocycles. The van der Waals surface area contributed by atoms with Crippen LogP contribution < -0.4 is 10.5 Å². The van der Waals surface area contributed by atoms with E-state index in [0.29, 0.717) is 24.6 Å². The Morgan fingerprint density at radius 3 is 2.50 bits per heavy atom. The number of aromatic amines is 1. The number of rotatable bonds is 4. The van der Waals surface area contributed by atoms with E-state index in [1.54, 1.807) is 24.3 Å². The summed E-state index contributed by atoms with van der Waals surface area (Å²) in [6, 6.07) is 8.93. The predicted octanol–water partition coefficient (Wildman–Crippen LogP) is 2.50. The highest BCUT2D eigenvalue weighted by Crippen LogP contribution is 2.21. The average molecular weight is 383 g/mol. The van der Waals surface area contributed by atoms with Crippen molar-refractivity contribution in [2.24, 2.45) is 0 Å². The topological polar surface area (TPSA) is 78.3 Å². The fourth-order valence-corrected chi connectivity index (χ4v) is 3.45. The molecule has 0 atom stereocenters. The van der Waals surface area contributed by atoms with Crippen molar-refractivity contribution < 1.29 is 8.91 Å². The number of aryl methyl sites for hydroxylation is 2. The zero-order valence-corrected chi connectivity index (χ0v) is 15.9. The quantitative estimate of drug-likeness (QED) is 0.746. The molecule has 1 aliphatic rings. The van der Waals surface area contributed by atoms with Gasteiger partial charge in [0.1, 0.15) is 11.5 Å². The van der Waals surface area contributed by atoms with Crippen molar-refractivity contribution in [1.29, 1.82) is 0 Å². The van der Waals surface area contributed by atoms with E-state index in [1.807, 2.05) is 24.8 Å². The second-order valence-corrected chi connectivity index (χ2v) is 6.98. The Morgan fingerprint density at radius 1 is 1.14 bits per heavy atom. The minimum Gasteiger partial charge on any atom is -0.361 e. The normalized spacial score (nSPS) is 15.2. The van der Waals surface area contributed by atoms with Gasteiger partial charge < -0.3 is 9.42 Å². The van der Waals surface area contributed by atoms with Crippen molar-refractivity contribution in [3.05, 3.63) is 63.5 Å². The van der Waals surface area contributed by atoms with Crippen molar-refractivity contribution in [3.63, 3.8) is 0 Å². The van der Waals surface area contributed by atoms with Crippen LogP contribution in [-0.4, -0.2) is 46.2 Å². The summed E-state index contributed by atoms with van der Waals surface area (Å²) in [7, 11) is 0. The van der Waals surface area contributed by atoms with Crippen molar-refractivity contribution in [3.8, 4) is 11.3 Å². The van der Waals surface area contributed by atoms with Crippen LogP contribution in [0.3, 0.4) is 0 Å². The largest absolute Gasteiger partial charge is 0.361 e. The number of hydrogen-bond donors (Lipinski definition) is 1. The van der Waals surface area contributed by atoms with Crippen LogP contribution in [0, 0.1) is 19.7 Å². The summed E-state index contributed by atoms with van der Waals surface area (Å²) >= 11 is 0. The van der Waals surface area contributed by atoms with Gasteiger partial charge in [-0.25, -0.2) is 4.98 Å². The van der Waals surface area contributed by atoms with Crippen LogP contribution in [0.25, 0.3) is 11.3 Å². The Bertz CT molecular complexity index is 1000. The Morgan fingerprint density at radius 2 is 1.86 bits per heavy atom. The SMILES string of the molecule is Cc1noc(C)c1CN1CCN(c2nc(-c3ccccc3)c(F)c(=O)[nH]2)CC1. The predicted molar refractivity (Wildman–Crippen MR) is 104 cm³/mol. The molecule has 1 fully saturated rings. The molecule has 1 saturated heterocycles. The number of nitrogens with one attached hydrogen (secondary N) is 1. The van der Waals surface area contributed by atoms with Crippen LogP contribution in [0.4, 0.5) is 10.3 Å².